The van der Waals surface area contributed by atoms with Gasteiger partial charge in [-0.05, 0) is 42.3 Å². The van der Waals surface area contributed by atoms with E-state index in [9.17, 15) is 4.39 Å². The van der Waals surface area contributed by atoms with Crippen LogP contribution in [-0.2, 0) is 6.54 Å². The zero-order chi connectivity index (χ0) is 13.9. The van der Waals surface area contributed by atoms with Gasteiger partial charge < -0.3 is 5.32 Å². The first-order chi connectivity index (χ1) is 9.72. The Morgan fingerprint density at radius 3 is 2.60 bits per heavy atom. The Labute approximate surface area is 116 Å². The van der Waals surface area contributed by atoms with Crippen LogP contribution in [0, 0.1) is 12.7 Å². The Morgan fingerprint density at radius 2 is 1.80 bits per heavy atom. The van der Waals surface area contributed by atoms with Gasteiger partial charge in [-0.25, -0.2) is 4.39 Å². The average Bonchev–Trinajstić information content (AvgIpc) is 2.48. The van der Waals surface area contributed by atoms with E-state index in [0.717, 1.165) is 22.3 Å². The molecular formula is C16H14FN3. The van der Waals surface area contributed by atoms with Crippen molar-refractivity contribution in [1.82, 2.24) is 9.97 Å². The van der Waals surface area contributed by atoms with E-state index in [-0.39, 0.29) is 5.82 Å². The standard InChI is InChI=1S/C16H14FN3/c1-11-2-3-12(8-14(11)17)10-20-13-4-5-15-16(9-13)19-7-6-18-15/h2-9,20H,10H2,1H3. The van der Waals surface area contributed by atoms with Gasteiger partial charge in [-0.1, -0.05) is 12.1 Å². The predicted octanol–water partition coefficient (Wildman–Crippen LogP) is 3.69. The van der Waals surface area contributed by atoms with Gasteiger partial charge in [-0.3, -0.25) is 9.97 Å². The number of benzene rings is 2. The molecule has 3 rings (SSSR count). The summed E-state index contributed by atoms with van der Waals surface area (Å²) in [6.45, 7) is 2.33. The molecule has 100 valence electrons. The van der Waals surface area contributed by atoms with Gasteiger partial charge in [0.15, 0.2) is 0 Å². The Hall–Kier alpha value is -2.49. The van der Waals surface area contributed by atoms with Crippen LogP contribution in [0.1, 0.15) is 11.1 Å². The molecule has 2 aromatic carbocycles. The summed E-state index contributed by atoms with van der Waals surface area (Å²) < 4.78 is 13.5. The van der Waals surface area contributed by atoms with Crippen LogP contribution in [-0.4, -0.2) is 9.97 Å². The highest BCUT2D eigenvalue weighted by atomic mass is 19.1. The molecule has 1 N–H and O–H groups in total. The Balaban J connectivity index is 1.77. The molecule has 0 spiro atoms. The first kappa shape index (κ1) is 12.5. The minimum Gasteiger partial charge on any atom is -0.381 e. The normalized spacial score (nSPS) is 10.7. The van der Waals surface area contributed by atoms with Gasteiger partial charge in [-0.15, -0.1) is 0 Å². The van der Waals surface area contributed by atoms with E-state index in [0.29, 0.717) is 12.1 Å². The van der Waals surface area contributed by atoms with E-state index in [1.807, 2.05) is 24.3 Å². The smallest absolute Gasteiger partial charge is 0.126 e. The maximum atomic E-state index is 13.5. The van der Waals surface area contributed by atoms with Crippen LogP contribution in [0.25, 0.3) is 11.0 Å². The van der Waals surface area contributed by atoms with Gasteiger partial charge >= 0.3 is 0 Å². The first-order valence-corrected chi connectivity index (χ1v) is 6.42. The van der Waals surface area contributed by atoms with Gasteiger partial charge in [0.25, 0.3) is 0 Å². The number of halogens is 1. The fraction of sp³-hybridized carbons (Fsp3) is 0.125. The predicted molar refractivity (Wildman–Crippen MR) is 78.0 cm³/mol. The summed E-state index contributed by atoms with van der Waals surface area (Å²) in [5.74, 6) is -0.173. The van der Waals surface area contributed by atoms with Crippen molar-refractivity contribution in [2.24, 2.45) is 0 Å². The summed E-state index contributed by atoms with van der Waals surface area (Å²) >= 11 is 0. The second kappa shape index (κ2) is 5.25. The van der Waals surface area contributed by atoms with E-state index in [1.54, 1.807) is 31.5 Å². The largest absolute Gasteiger partial charge is 0.381 e. The number of hydrogen-bond donors (Lipinski definition) is 1. The minimum atomic E-state index is -0.173. The number of anilines is 1. The number of rotatable bonds is 3. The second-order valence-electron chi connectivity index (χ2n) is 4.70. The summed E-state index contributed by atoms with van der Waals surface area (Å²) in [6, 6.07) is 11.1. The molecule has 0 saturated heterocycles. The van der Waals surface area contributed by atoms with Gasteiger partial charge in [0, 0.05) is 24.6 Å². The topological polar surface area (TPSA) is 37.8 Å². The van der Waals surface area contributed by atoms with Gasteiger partial charge in [-0.2, -0.15) is 0 Å². The zero-order valence-electron chi connectivity index (χ0n) is 11.1. The molecule has 3 aromatic rings. The van der Waals surface area contributed by atoms with E-state index in [2.05, 4.69) is 15.3 Å². The van der Waals surface area contributed by atoms with Crippen molar-refractivity contribution >= 4 is 16.7 Å². The van der Waals surface area contributed by atoms with Crippen LogP contribution in [0.3, 0.4) is 0 Å². The molecule has 0 radical (unpaired) electrons. The lowest BCUT2D eigenvalue weighted by Gasteiger charge is -2.08. The van der Waals surface area contributed by atoms with Crippen LogP contribution in [0.15, 0.2) is 48.8 Å². The van der Waals surface area contributed by atoms with Crippen molar-refractivity contribution < 1.29 is 4.39 Å². The molecule has 0 fully saturated rings. The lowest BCUT2D eigenvalue weighted by atomic mass is 10.1. The van der Waals surface area contributed by atoms with Crippen LogP contribution in [0.5, 0.6) is 0 Å². The van der Waals surface area contributed by atoms with Crippen LogP contribution < -0.4 is 5.32 Å². The quantitative estimate of drug-likeness (QED) is 0.786. The third-order valence-electron chi connectivity index (χ3n) is 3.20. The molecule has 0 bridgehead atoms. The lowest BCUT2D eigenvalue weighted by molar-refractivity contribution is 0.616. The average molecular weight is 267 g/mol. The molecule has 0 aliphatic carbocycles. The van der Waals surface area contributed by atoms with Crippen LogP contribution in [0.4, 0.5) is 10.1 Å². The van der Waals surface area contributed by atoms with Gasteiger partial charge in [0.2, 0.25) is 0 Å². The fourth-order valence-electron chi connectivity index (χ4n) is 2.02. The molecule has 1 aromatic heterocycles. The third-order valence-corrected chi connectivity index (χ3v) is 3.20. The van der Waals surface area contributed by atoms with Crippen molar-refractivity contribution in [2.45, 2.75) is 13.5 Å². The molecular weight excluding hydrogens is 253 g/mol. The van der Waals surface area contributed by atoms with Crippen LogP contribution >= 0.6 is 0 Å². The number of aryl methyl sites for hydroxylation is 1. The van der Waals surface area contributed by atoms with Gasteiger partial charge in [0.05, 0.1) is 11.0 Å². The van der Waals surface area contributed by atoms with Crippen molar-refractivity contribution in [1.29, 1.82) is 0 Å². The highest BCUT2D eigenvalue weighted by molar-refractivity contribution is 5.78. The Kier molecular flexibility index (Phi) is 3.29. The van der Waals surface area contributed by atoms with Gasteiger partial charge in [0.1, 0.15) is 5.82 Å². The van der Waals surface area contributed by atoms with E-state index >= 15 is 0 Å². The molecule has 0 saturated carbocycles. The fourth-order valence-corrected chi connectivity index (χ4v) is 2.02. The number of nitrogens with zero attached hydrogens (tertiary/aromatic N) is 2. The number of nitrogens with one attached hydrogen (secondary N) is 1. The van der Waals surface area contributed by atoms with Crippen LogP contribution in [0.2, 0.25) is 0 Å². The summed E-state index contributed by atoms with van der Waals surface area (Å²) in [7, 11) is 0. The summed E-state index contributed by atoms with van der Waals surface area (Å²) in [5.41, 5.74) is 4.22. The molecule has 20 heavy (non-hydrogen) atoms. The molecule has 0 atom stereocenters. The maximum Gasteiger partial charge on any atom is 0.126 e. The third kappa shape index (κ3) is 2.59. The van der Waals surface area contributed by atoms with Crippen molar-refractivity contribution in [3.63, 3.8) is 0 Å². The Morgan fingerprint density at radius 1 is 1.00 bits per heavy atom. The Bertz CT molecular complexity index is 756. The highest BCUT2D eigenvalue weighted by Gasteiger charge is 2.01. The monoisotopic (exact) mass is 267 g/mol. The second-order valence-corrected chi connectivity index (χ2v) is 4.70. The SMILES string of the molecule is Cc1ccc(CNc2ccc3nccnc3c2)cc1F. The zero-order valence-corrected chi connectivity index (χ0v) is 11.1. The summed E-state index contributed by atoms with van der Waals surface area (Å²) in [6.07, 6.45) is 3.34. The van der Waals surface area contributed by atoms with Crippen molar-refractivity contribution in [3.8, 4) is 0 Å². The van der Waals surface area contributed by atoms with E-state index in [1.165, 1.54) is 0 Å². The summed E-state index contributed by atoms with van der Waals surface area (Å²) in [4.78, 5) is 8.48. The molecule has 0 unspecified atom stereocenters. The molecule has 0 aliphatic heterocycles. The molecule has 0 amide bonds. The lowest BCUT2D eigenvalue weighted by Crippen LogP contribution is -2.00. The van der Waals surface area contributed by atoms with Crippen molar-refractivity contribution in [3.05, 3.63) is 65.7 Å². The molecule has 4 heteroatoms. The summed E-state index contributed by atoms with van der Waals surface area (Å²) in [5, 5.41) is 3.27. The molecule has 0 aliphatic rings. The molecule has 3 nitrogen and oxygen atoms in total. The van der Waals surface area contributed by atoms with E-state index < -0.39 is 0 Å². The van der Waals surface area contributed by atoms with E-state index in [4.69, 9.17) is 0 Å². The number of aromatic nitrogens is 2. The number of fused-ring (bicyclic) bond motifs is 1. The first-order valence-electron chi connectivity index (χ1n) is 6.42. The minimum absolute atomic E-state index is 0.173. The van der Waals surface area contributed by atoms with Crippen molar-refractivity contribution in [2.75, 3.05) is 5.32 Å². The highest BCUT2D eigenvalue weighted by Crippen LogP contribution is 2.16. The number of hydrogen-bond acceptors (Lipinski definition) is 3. The molecule has 1 heterocycles. The maximum absolute atomic E-state index is 13.5.